The summed E-state index contributed by atoms with van der Waals surface area (Å²) in [5, 5.41) is 0. The zero-order valence-electron chi connectivity index (χ0n) is 11.9. The zero-order chi connectivity index (χ0) is 16.3. The quantitative estimate of drug-likeness (QED) is 0.449. The second kappa shape index (κ2) is 6.70. The molecule has 1 atom stereocenters. The number of imide groups is 1. The first-order valence-corrected chi connectivity index (χ1v) is 7.17. The third-order valence-electron chi connectivity index (χ3n) is 3.46. The van der Waals surface area contributed by atoms with Crippen LogP contribution in [-0.4, -0.2) is 47.5 Å². The average molecular weight is 324 g/mol. The van der Waals surface area contributed by atoms with Crippen LogP contribution in [0.15, 0.2) is 24.3 Å². The fraction of sp³-hybridized carbons (Fsp3) is 0.333. The van der Waals surface area contributed by atoms with Crippen LogP contribution in [0, 0.1) is 0 Å². The summed E-state index contributed by atoms with van der Waals surface area (Å²) in [4.78, 5) is 48.9. The Labute approximate surface area is 132 Å². The number of amides is 2. The lowest BCUT2D eigenvalue weighted by molar-refractivity contribution is -0.145. The molecular weight excluding hydrogens is 310 g/mol. The van der Waals surface area contributed by atoms with Gasteiger partial charge in [0.15, 0.2) is 0 Å². The second-order valence-electron chi connectivity index (χ2n) is 4.78. The molecule has 1 aliphatic heterocycles. The van der Waals surface area contributed by atoms with E-state index in [9.17, 15) is 19.2 Å². The van der Waals surface area contributed by atoms with Crippen molar-refractivity contribution >= 4 is 35.2 Å². The molecule has 1 aliphatic rings. The first-order valence-electron chi connectivity index (χ1n) is 6.63. The molecule has 6 nitrogen and oxygen atoms in total. The number of benzene rings is 1. The minimum atomic E-state index is -1.13. The molecule has 2 amide bonds. The summed E-state index contributed by atoms with van der Waals surface area (Å²) in [5.41, 5.74) is 0.482. The molecule has 22 heavy (non-hydrogen) atoms. The van der Waals surface area contributed by atoms with Crippen molar-refractivity contribution < 1.29 is 23.9 Å². The van der Waals surface area contributed by atoms with Crippen LogP contribution in [0.25, 0.3) is 0 Å². The topological polar surface area (TPSA) is 80.8 Å². The van der Waals surface area contributed by atoms with Gasteiger partial charge in [-0.15, -0.1) is 11.6 Å². The third kappa shape index (κ3) is 2.87. The molecule has 2 rings (SSSR count). The largest absolute Gasteiger partial charge is 0.467 e. The van der Waals surface area contributed by atoms with Gasteiger partial charge in [0.2, 0.25) is 0 Å². The zero-order valence-corrected chi connectivity index (χ0v) is 12.6. The van der Waals surface area contributed by atoms with E-state index in [2.05, 4.69) is 4.74 Å². The van der Waals surface area contributed by atoms with Crippen molar-refractivity contribution in [3.63, 3.8) is 0 Å². The van der Waals surface area contributed by atoms with Crippen LogP contribution in [0.1, 0.15) is 33.6 Å². The van der Waals surface area contributed by atoms with Crippen LogP contribution in [0.4, 0.5) is 0 Å². The van der Waals surface area contributed by atoms with E-state index in [1.807, 2.05) is 0 Å². The van der Waals surface area contributed by atoms with Crippen molar-refractivity contribution in [1.29, 1.82) is 0 Å². The summed E-state index contributed by atoms with van der Waals surface area (Å²) in [7, 11) is 1.16. The molecule has 0 spiro atoms. The number of esters is 1. The first kappa shape index (κ1) is 16.2. The Morgan fingerprint density at radius 1 is 1.18 bits per heavy atom. The average Bonchev–Trinajstić information content (AvgIpc) is 2.79. The monoisotopic (exact) mass is 323 g/mol. The molecule has 0 aliphatic carbocycles. The van der Waals surface area contributed by atoms with Crippen LogP contribution < -0.4 is 0 Å². The van der Waals surface area contributed by atoms with Gasteiger partial charge in [-0.05, 0) is 18.6 Å². The highest BCUT2D eigenvalue weighted by molar-refractivity contribution is 6.27. The number of Topliss-reactive ketones (excluding diaryl/α,β-unsaturated/α-hetero) is 1. The van der Waals surface area contributed by atoms with E-state index in [1.54, 1.807) is 12.1 Å². The number of fused-ring (bicyclic) bond motifs is 1. The number of nitrogens with zero attached hydrogens (tertiary/aromatic N) is 1. The van der Waals surface area contributed by atoms with Crippen LogP contribution in [0.5, 0.6) is 0 Å². The van der Waals surface area contributed by atoms with Gasteiger partial charge in [0.05, 0.1) is 24.1 Å². The van der Waals surface area contributed by atoms with Gasteiger partial charge in [0.25, 0.3) is 11.8 Å². The van der Waals surface area contributed by atoms with E-state index >= 15 is 0 Å². The van der Waals surface area contributed by atoms with E-state index in [1.165, 1.54) is 12.1 Å². The fourth-order valence-corrected chi connectivity index (χ4v) is 2.48. The van der Waals surface area contributed by atoms with Crippen molar-refractivity contribution in [2.75, 3.05) is 13.0 Å². The van der Waals surface area contributed by atoms with Gasteiger partial charge in [-0.3, -0.25) is 19.3 Å². The van der Waals surface area contributed by atoms with E-state index < -0.39 is 23.8 Å². The Bertz CT molecular complexity index is 608. The summed E-state index contributed by atoms with van der Waals surface area (Å²) >= 11 is 5.43. The van der Waals surface area contributed by atoms with E-state index in [0.717, 1.165) is 12.0 Å². The number of ether oxygens (including phenoxy) is 1. The number of hydrogen-bond donors (Lipinski definition) is 0. The summed E-state index contributed by atoms with van der Waals surface area (Å²) in [6, 6.07) is 5.18. The Balaban J connectivity index is 2.29. The number of halogens is 1. The molecule has 1 aromatic carbocycles. The number of rotatable bonds is 6. The molecule has 0 radical (unpaired) electrons. The summed E-state index contributed by atoms with van der Waals surface area (Å²) in [6.45, 7) is 0. The molecule has 0 fully saturated rings. The maximum Gasteiger partial charge on any atom is 0.329 e. The fourth-order valence-electron chi connectivity index (χ4n) is 2.34. The van der Waals surface area contributed by atoms with Crippen molar-refractivity contribution in [3.05, 3.63) is 35.4 Å². The lowest BCUT2D eigenvalue weighted by Gasteiger charge is -2.23. The lowest BCUT2D eigenvalue weighted by Crippen LogP contribution is -2.45. The van der Waals surface area contributed by atoms with Gasteiger partial charge in [0, 0.05) is 6.42 Å². The number of carbonyl (C=O) groups is 4. The number of hydrogen-bond acceptors (Lipinski definition) is 5. The highest BCUT2D eigenvalue weighted by atomic mass is 35.5. The van der Waals surface area contributed by atoms with E-state index in [4.69, 9.17) is 11.6 Å². The Kier molecular flexibility index (Phi) is 4.92. The van der Waals surface area contributed by atoms with Gasteiger partial charge >= 0.3 is 5.97 Å². The Morgan fingerprint density at radius 3 is 2.18 bits per heavy atom. The standard InChI is InChI=1S/C15H14ClNO5/c1-22-15(21)12(7-6-9(18)8-16)17-13(19)10-4-2-3-5-11(10)14(17)20/h2-5,12H,6-8H2,1H3/t12-/m0/s1. The van der Waals surface area contributed by atoms with Gasteiger partial charge < -0.3 is 4.74 Å². The van der Waals surface area contributed by atoms with Crippen LogP contribution >= 0.6 is 11.6 Å². The van der Waals surface area contributed by atoms with Crippen molar-refractivity contribution in [1.82, 2.24) is 4.90 Å². The number of methoxy groups -OCH3 is 1. The predicted molar refractivity (Wildman–Crippen MR) is 77.7 cm³/mol. The van der Waals surface area contributed by atoms with Crippen LogP contribution in [0.2, 0.25) is 0 Å². The molecule has 0 N–H and O–H groups in total. The minimum absolute atomic E-state index is 0.0102. The number of alkyl halides is 1. The number of carbonyl (C=O) groups excluding carboxylic acids is 4. The predicted octanol–water partition coefficient (Wildman–Crippen LogP) is 1.41. The third-order valence-corrected chi connectivity index (χ3v) is 3.75. The highest BCUT2D eigenvalue weighted by Gasteiger charge is 2.43. The number of ketones is 1. The van der Waals surface area contributed by atoms with Crippen molar-refractivity contribution in [2.45, 2.75) is 18.9 Å². The van der Waals surface area contributed by atoms with Gasteiger partial charge in [-0.25, -0.2) is 4.79 Å². The maximum atomic E-state index is 12.4. The minimum Gasteiger partial charge on any atom is -0.467 e. The molecule has 116 valence electrons. The molecule has 0 saturated heterocycles. The molecule has 7 heteroatoms. The molecule has 1 aromatic rings. The normalized spacial score (nSPS) is 14.7. The van der Waals surface area contributed by atoms with Gasteiger partial charge in [-0.2, -0.15) is 0 Å². The van der Waals surface area contributed by atoms with Gasteiger partial charge in [0.1, 0.15) is 11.8 Å². The van der Waals surface area contributed by atoms with Crippen molar-refractivity contribution in [3.8, 4) is 0 Å². The molecular formula is C15H14ClNO5. The van der Waals surface area contributed by atoms with Gasteiger partial charge in [-0.1, -0.05) is 12.1 Å². The smallest absolute Gasteiger partial charge is 0.329 e. The lowest BCUT2D eigenvalue weighted by atomic mass is 10.1. The highest BCUT2D eigenvalue weighted by Crippen LogP contribution is 2.26. The maximum absolute atomic E-state index is 12.4. The van der Waals surface area contributed by atoms with E-state index in [0.29, 0.717) is 0 Å². The molecule has 0 aromatic heterocycles. The summed E-state index contributed by atoms with van der Waals surface area (Å²) < 4.78 is 4.66. The van der Waals surface area contributed by atoms with Crippen molar-refractivity contribution in [2.24, 2.45) is 0 Å². The molecule has 1 heterocycles. The SMILES string of the molecule is COC(=O)[C@H](CCC(=O)CCl)N1C(=O)c2ccccc2C1=O. The van der Waals surface area contributed by atoms with Crippen LogP contribution in [0.3, 0.4) is 0 Å². The van der Waals surface area contributed by atoms with Crippen LogP contribution in [-0.2, 0) is 14.3 Å². The Hall–Kier alpha value is -2.21. The molecule has 0 saturated carbocycles. The van der Waals surface area contributed by atoms with E-state index in [-0.39, 0.29) is 35.6 Å². The second-order valence-corrected chi connectivity index (χ2v) is 5.04. The molecule has 0 unspecified atom stereocenters. The summed E-state index contributed by atoms with van der Waals surface area (Å²) in [6.07, 6.45) is -0.0274. The summed E-state index contributed by atoms with van der Waals surface area (Å²) in [5.74, 6) is -2.32. The molecule has 0 bridgehead atoms. The Morgan fingerprint density at radius 2 is 1.73 bits per heavy atom. The first-order chi connectivity index (χ1) is 10.5.